The van der Waals surface area contributed by atoms with E-state index < -0.39 is 0 Å². The summed E-state index contributed by atoms with van der Waals surface area (Å²) in [4.78, 5) is 0. The maximum atomic E-state index is 4.34. The van der Waals surface area contributed by atoms with Gasteiger partial charge < -0.3 is 5.32 Å². The molecule has 0 spiro atoms. The molecule has 0 amide bonds. The van der Waals surface area contributed by atoms with Crippen LogP contribution in [0, 0.1) is 6.92 Å². The summed E-state index contributed by atoms with van der Waals surface area (Å²) < 4.78 is 1.95. The summed E-state index contributed by atoms with van der Waals surface area (Å²) >= 11 is 0. The van der Waals surface area contributed by atoms with Crippen LogP contribution in [0.15, 0.2) is 0 Å². The predicted octanol–water partition coefficient (Wildman–Crippen LogP) is 0.332. The van der Waals surface area contributed by atoms with E-state index in [1.165, 1.54) is 17.0 Å². The Hall–Kier alpha value is -0.830. The van der Waals surface area contributed by atoms with Gasteiger partial charge in [-0.3, -0.25) is 4.68 Å². The first-order chi connectivity index (χ1) is 4.79. The van der Waals surface area contributed by atoms with Crippen molar-refractivity contribution in [3.63, 3.8) is 0 Å². The van der Waals surface area contributed by atoms with Gasteiger partial charge >= 0.3 is 0 Å². The number of nitrogens with one attached hydrogen (secondary N) is 1. The topological polar surface area (TPSA) is 29.9 Å². The summed E-state index contributed by atoms with van der Waals surface area (Å²) in [5.74, 6) is 0. The van der Waals surface area contributed by atoms with E-state index in [9.17, 15) is 0 Å². The molecule has 1 aliphatic rings. The highest BCUT2D eigenvalue weighted by Gasteiger charge is 2.16. The van der Waals surface area contributed by atoms with Gasteiger partial charge in [-0.15, -0.1) is 0 Å². The van der Waals surface area contributed by atoms with E-state index in [-0.39, 0.29) is 0 Å². The molecule has 10 heavy (non-hydrogen) atoms. The summed E-state index contributed by atoms with van der Waals surface area (Å²) in [5.41, 5.74) is 3.91. The molecule has 1 N–H and O–H groups in total. The molecule has 1 aliphatic heterocycles. The summed E-state index contributed by atoms with van der Waals surface area (Å²) in [5, 5.41) is 7.60. The minimum absolute atomic E-state index is 0.941. The average Bonchev–Trinajstić information content (AvgIpc) is 2.41. The zero-order chi connectivity index (χ0) is 7.14. The Bertz CT molecular complexity index is 262. The Kier molecular flexibility index (Phi) is 1.08. The van der Waals surface area contributed by atoms with Gasteiger partial charge in [-0.05, 0) is 6.92 Å². The summed E-state index contributed by atoms with van der Waals surface area (Å²) in [6.07, 6.45) is 0. The van der Waals surface area contributed by atoms with Crippen LogP contribution in [0.3, 0.4) is 0 Å². The zero-order valence-electron chi connectivity index (χ0n) is 6.31. The molecule has 1 aromatic heterocycles. The number of aryl methyl sites for hydroxylation is 1. The van der Waals surface area contributed by atoms with Gasteiger partial charge in [-0.25, -0.2) is 0 Å². The predicted molar refractivity (Wildman–Crippen MR) is 38.5 cm³/mol. The van der Waals surface area contributed by atoms with E-state index in [4.69, 9.17) is 0 Å². The second-order valence-corrected chi connectivity index (χ2v) is 2.74. The minimum Gasteiger partial charge on any atom is -0.307 e. The molecular weight excluding hydrogens is 126 g/mol. The van der Waals surface area contributed by atoms with Crippen LogP contribution in [0.25, 0.3) is 0 Å². The summed E-state index contributed by atoms with van der Waals surface area (Å²) in [6.45, 7) is 4.05. The van der Waals surface area contributed by atoms with Crippen molar-refractivity contribution in [3.05, 3.63) is 17.0 Å². The van der Waals surface area contributed by atoms with Crippen molar-refractivity contribution >= 4 is 0 Å². The SMILES string of the molecule is Cc1c2c(nn1C)CNC2. The van der Waals surface area contributed by atoms with Crippen LogP contribution < -0.4 is 5.32 Å². The van der Waals surface area contributed by atoms with E-state index in [2.05, 4.69) is 17.3 Å². The first-order valence-electron chi connectivity index (χ1n) is 3.51. The van der Waals surface area contributed by atoms with E-state index >= 15 is 0 Å². The minimum atomic E-state index is 0.941. The van der Waals surface area contributed by atoms with Gasteiger partial charge in [0, 0.05) is 31.4 Å². The van der Waals surface area contributed by atoms with Crippen LogP contribution in [-0.4, -0.2) is 9.78 Å². The molecule has 0 aliphatic carbocycles. The molecule has 1 aromatic rings. The number of rotatable bonds is 0. The molecule has 3 nitrogen and oxygen atoms in total. The molecule has 2 rings (SSSR count). The molecule has 3 heteroatoms. The largest absolute Gasteiger partial charge is 0.307 e. The lowest BCUT2D eigenvalue weighted by Crippen LogP contribution is -2.05. The van der Waals surface area contributed by atoms with Crippen molar-refractivity contribution in [2.45, 2.75) is 20.0 Å². The standard InChI is InChI=1S/C7H11N3/c1-5-6-3-8-4-7(6)9-10(5)2/h8H,3-4H2,1-2H3. The molecule has 0 fully saturated rings. The Morgan fingerprint density at radius 2 is 2.30 bits per heavy atom. The van der Waals surface area contributed by atoms with Gasteiger partial charge in [0.25, 0.3) is 0 Å². The highest BCUT2D eigenvalue weighted by molar-refractivity contribution is 5.28. The molecule has 0 saturated heterocycles. The zero-order valence-corrected chi connectivity index (χ0v) is 6.31. The lowest BCUT2D eigenvalue weighted by molar-refractivity contribution is 0.671. The van der Waals surface area contributed by atoms with Gasteiger partial charge in [0.2, 0.25) is 0 Å². The van der Waals surface area contributed by atoms with Crippen LogP contribution in [0.5, 0.6) is 0 Å². The third-order valence-corrected chi connectivity index (χ3v) is 2.14. The maximum absolute atomic E-state index is 4.34. The van der Waals surface area contributed by atoms with Gasteiger partial charge in [-0.1, -0.05) is 0 Å². The molecule has 0 atom stereocenters. The number of aromatic nitrogens is 2. The van der Waals surface area contributed by atoms with Crippen molar-refractivity contribution in [1.29, 1.82) is 0 Å². The number of hydrogen-bond donors (Lipinski definition) is 1. The lowest BCUT2D eigenvalue weighted by atomic mass is 10.2. The molecule has 0 aromatic carbocycles. The van der Waals surface area contributed by atoms with E-state index in [0.717, 1.165) is 13.1 Å². The molecule has 0 saturated carbocycles. The summed E-state index contributed by atoms with van der Waals surface area (Å²) in [7, 11) is 1.99. The smallest absolute Gasteiger partial charge is 0.0810 e. The molecule has 0 bridgehead atoms. The lowest BCUT2D eigenvalue weighted by Gasteiger charge is -1.95. The van der Waals surface area contributed by atoms with Gasteiger partial charge in [-0.2, -0.15) is 5.10 Å². The van der Waals surface area contributed by atoms with Crippen molar-refractivity contribution in [2.24, 2.45) is 7.05 Å². The van der Waals surface area contributed by atoms with E-state index in [1.807, 2.05) is 11.7 Å². The summed E-state index contributed by atoms with van der Waals surface area (Å²) in [6, 6.07) is 0. The molecule has 0 unspecified atom stereocenters. The Labute approximate surface area is 60.0 Å². The van der Waals surface area contributed by atoms with Crippen LogP contribution in [0.4, 0.5) is 0 Å². The monoisotopic (exact) mass is 137 g/mol. The average molecular weight is 137 g/mol. The molecule has 54 valence electrons. The van der Waals surface area contributed by atoms with E-state index in [0.29, 0.717) is 0 Å². The Morgan fingerprint density at radius 3 is 3.00 bits per heavy atom. The first-order valence-corrected chi connectivity index (χ1v) is 3.51. The van der Waals surface area contributed by atoms with Crippen molar-refractivity contribution < 1.29 is 0 Å². The highest BCUT2D eigenvalue weighted by atomic mass is 15.3. The Balaban J connectivity index is 2.59. The first kappa shape index (κ1) is 5.92. The van der Waals surface area contributed by atoms with Crippen LogP contribution in [0.1, 0.15) is 17.0 Å². The van der Waals surface area contributed by atoms with Crippen molar-refractivity contribution in [2.75, 3.05) is 0 Å². The highest BCUT2D eigenvalue weighted by Crippen LogP contribution is 2.16. The maximum Gasteiger partial charge on any atom is 0.0810 e. The quantitative estimate of drug-likeness (QED) is 0.558. The van der Waals surface area contributed by atoms with Crippen LogP contribution >= 0.6 is 0 Å². The third kappa shape index (κ3) is 0.609. The molecule has 0 radical (unpaired) electrons. The molecule has 2 heterocycles. The van der Waals surface area contributed by atoms with Crippen LogP contribution in [-0.2, 0) is 20.1 Å². The fraction of sp³-hybridized carbons (Fsp3) is 0.571. The second kappa shape index (κ2) is 1.83. The van der Waals surface area contributed by atoms with Gasteiger partial charge in [0.15, 0.2) is 0 Å². The van der Waals surface area contributed by atoms with Crippen molar-refractivity contribution in [1.82, 2.24) is 15.1 Å². The second-order valence-electron chi connectivity index (χ2n) is 2.74. The third-order valence-electron chi connectivity index (χ3n) is 2.14. The van der Waals surface area contributed by atoms with Crippen molar-refractivity contribution in [3.8, 4) is 0 Å². The fourth-order valence-electron chi connectivity index (χ4n) is 1.40. The fourth-order valence-corrected chi connectivity index (χ4v) is 1.40. The van der Waals surface area contributed by atoms with Gasteiger partial charge in [0.1, 0.15) is 0 Å². The number of hydrogen-bond acceptors (Lipinski definition) is 2. The van der Waals surface area contributed by atoms with Gasteiger partial charge in [0.05, 0.1) is 5.69 Å². The molecular formula is C7H11N3. The number of fused-ring (bicyclic) bond motifs is 1. The van der Waals surface area contributed by atoms with Crippen LogP contribution in [0.2, 0.25) is 0 Å². The normalized spacial score (nSPS) is 15.8. The number of nitrogens with zero attached hydrogens (tertiary/aromatic N) is 2. The Morgan fingerprint density at radius 1 is 1.50 bits per heavy atom. The van der Waals surface area contributed by atoms with E-state index in [1.54, 1.807) is 0 Å².